The topological polar surface area (TPSA) is 52.6 Å². The Hall–Kier alpha value is -2.33. The van der Waals surface area contributed by atoms with Crippen molar-refractivity contribution in [1.29, 1.82) is 0 Å². The van der Waals surface area contributed by atoms with Crippen LogP contribution in [0.5, 0.6) is 0 Å². The second-order valence-electron chi connectivity index (χ2n) is 9.32. The van der Waals surface area contributed by atoms with Crippen LogP contribution in [0.2, 0.25) is 5.02 Å². The number of ether oxygens (including phenoxy) is 2. The molecule has 0 spiro atoms. The maximum Gasteiger partial charge on any atom is 0.350 e. The van der Waals surface area contributed by atoms with Gasteiger partial charge in [-0.2, -0.15) is 0 Å². The van der Waals surface area contributed by atoms with Gasteiger partial charge in [0, 0.05) is 17.9 Å². The number of carbonyl (C=O) groups excluding carboxylic acids is 2. The monoisotopic (exact) mass is 456 g/mol. The van der Waals surface area contributed by atoms with Gasteiger partial charge in [0.2, 0.25) is 5.60 Å². The summed E-state index contributed by atoms with van der Waals surface area (Å²) in [5.74, 6) is -0.226. The molecule has 0 bridgehead atoms. The Bertz CT molecular complexity index is 970. The van der Waals surface area contributed by atoms with Crippen LogP contribution in [0.1, 0.15) is 56.7 Å². The lowest BCUT2D eigenvalue weighted by Gasteiger charge is -2.40. The molecule has 172 valence electrons. The first-order chi connectivity index (χ1) is 15.1. The van der Waals surface area contributed by atoms with Crippen molar-refractivity contribution in [3.05, 3.63) is 58.1 Å². The van der Waals surface area contributed by atoms with Crippen LogP contribution < -0.4 is 0 Å². The molecular formula is C27H33ClO4. The average molecular weight is 457 g/mol. The Kier molecular flexibility index (Phi) is 7.66. The number of rotatable bonds is 6. The molecule has 1 aliphatic carbocycles. The van der Waals surface area contributed by atoms with E-state index in [1.54, 1.807) is 6.92 Å². The van der Waals surface area contributed by atoms with Gasteiger partial charge in [0.1, 0.15) is 0 Å². The number of halogens is 1. The summed E-state index contributed by atoms with van der Waals surface area (Å²) < 4.78 is 11.3. The molecule has 2 unspecified atom stereocenters. The number of hydrogen-bond donors (Lipinski definition) is 0. The van der Waals surface area contributed by atoms with E-state index in [1.165, 1.54) is 0 Å². The van der Waals surface area contributed by atoms with Gasteiger partial charge in [-0.15, -0.1) is 0 Å². The highest BCUT2D eigenvalue weighted by Gasteiger charge is 2.48. The van der Waals surface area contributed by atoms with Crippen molar-refractivity contribution in [3.63, 3.8) is 0 Å². The number of benzene rings is 2. The highest BCUT2D eigenvalue weighted by Crippen LogP contribution is 2.40. The lowest BCUT2D eigenvalue weighted by atomic mass is 9.73. The van der Waals surface area contributed by atoms with Crippen LogP contribution in [0, 0.1) is 25.7 Å². The Morgan fingerprint density at radius 1 is 1.03 bits per heavy atom. The van der Waals surface area contributed by atoms with Crippen LogP contribution in [0.4, 0.5) is 0 Å². The number of aryl methyl sites for hydroxylation is 2. The summed E-state index contributed by atoms with van der Waals surface area (Å²) in [5, 5.41) is 0.698. The summed E-state index contributed by atoms with van der Waals surface area (Å²) in [5.41, 5.74) is 3.98. The molecular weight excluding hydrogens is 424 g/mol. The molecule has 0 N–H and O–H groups in total. The van der Waals surface area contributed by atoms with Crippen molar-refractivity contribution >= 4 is 23.5 Å². The van der Waals surface area contributed by atoms with Crippen LogP contribution in [0.3, 0.4) is 0 Å². The van der Waals surface area contributed by atoms with E-state index < -0.39 is 11.6 Å². The summed E-state index contributed by atoms with van der Waals surface area (Å²) in [6, 6.07) is 11.9. The molecule has 1 fully saturated rings. The van der Waals surface area contributed by atoms with E-state index in [4.69, 9.17) is 21.1 Å². The molecule has 0 aromatic heterocycles. The minimum absolute atomic E-state index is 0.123. The van der Waals surface area contributed by atoms with Gasteiger partial charge in [-0.25, -0.2) is 4.79 Å². The Morgan fingerprint density at radius 3 is 2.25 bits per heavy atom. The van der Waals surface area contributed by atoms with Crippen molar-refractivity contribution in [2.24, 2.45) is 11.8 Å². The fraction of sp³-hybridized carbons (Fsp3) is 0.481. The minimum Gasteiger partial charge on any atom is -0.463 e. The van der Waals surface area contributed by atoms with E-state index in [1.807, 2.05) is 44.2 Å². The summed E-state index contributed by atoms with van der Waals surface area (Å²) in [6.45, 7) is 10.3. The molecule has 0 heterocycles. The van der Waals surface area contributed by atoms with E-state index in [2.05, 4.69) is 19.9 Å². The molecule has 1 saturated carbocycles. The first-order valence-electron chi connectivity index (χ1n) is 11.4. The zero-order valence-corrected chi connectivity index (χ0v) is 20.4. The van der Waals surface area contributed by atoms with Gasteiger partial charge in [-0.1, -0.05) is 49.7 Å². The minimum atomic E-state index is -1.18. The van der Waals surface area contributed by atoms with Crippen LogP contribution in [0.15, 0.2) is 36.4 Å². The number of hydrogen-bond acceptors (Lipinski definition) is 4. The third-order valence-electron chi connectivity index (χ3n) is 6.29. The van der Waals surface area contributed by atoms with Gasteiger partial charge in [0.05, 0.1) is 13.0 Å². The maximum absolute atomic E-state index is 13.0. The SMILES string of the molecule is CCOC(=O)C1(OC(=O)Cc2cc(C)c(-c3ccc(Cl)cc3)cc2C)CC(C)CC(C)C1. The lowest BCUT2D eigenvalue weighted by molar-refractivity contribution is -0.190. The largest absolute Gasteiger partial charge is 0.463 e. The van der Waals surface area contributed by atoms with E-state index >= 15 is 0 Å². The lowest BCUT2D eigenvalue weighted by Crippen LogP contribution is -2.50. The Morgan fingerprint density at radius 2 is 1.66 bits per heavy atom. The van der Waals surface area contributed by atoms with Crippen molar-refractivity contribution in [2.45, 2.75) is 65.9 Å². The number of carbonyl (C=O) groups is 2. The average Bonchev–Trinajstić information content (AvgIpc) is 2.70. The summed E-state index contributed by atoms with van der Waals surface area (Å²) in [7, 11) is 0. The van der Waals surface area contributed by atoms with E-state index in [9.17, 15) is 9.59 Å². The van der Waals surface area contributed by atoms with E-state index in [0.29, 0.717) is 29.7 Å². The molecule has 2 aromatic carbocycles. The predicted octanol–water partition coefficient (Wildman–Crippen LogP) is 6.47. The van der Waals surface area contributed by atoms with Gasteiger partial charge in [-0.05, 0) is 79.0 Å². The molecule has 32 heavy (non-hydrogen) atoms. The van der Waals surface area contributed by atoms with Crippen molar-refractivity contribution in [2.75, 3.05) is 6.61 Å². The second kappa shape index (κ2) is 10.1. The summed E-state index contributed by atoms with van der Waals surface area (Å²) in [4.78, 5) is 25.9. The Labute approximate surface area is 196 Å². The first kappa shape index (κ1) is 24.3. The molecule has 5 heteroatoms. The molecule has 2 atom stereocenters. The van der Waals surface area contributed by atoms with E-state index in [0.717, 1.165) is 34.2 Å². The molecule has 0 radical (unpaired) electrons. The van der Waals surface area contributed by atoms with Gasteiger partial charge >= 0.3 is 11.9 Å². The quantitative estimate of drug-likeness (QED) is 0.467. The fourth-order valence-corrected chi connectivity index (χ4v) is 5.16. The van der Waals surface area contributed by atoms with Gasteiger partial charge in [0.25, 0.3) is 0 Å². The predicted molar refractivity (Wildman–Crippen MR) is 128 cm³/mol. The molecule has 0 amide bonds. The van der Waals surface area contributed by atoms with Gasteiger partial charge < -0.3 is 9.47 Å². The van der Waals surface area contributed by atoms with Crippen LogP contribution >= 0.6 is 11.6 Å². The maximum atomic E-state index is 13.0. The zero-order chi connectivity index (χ0) is 23.5. The second-order valence-corrected chi connectivity index (χ2v) is 9.76. The molecule has 0 aliphatic heterocycles. The summed E-state index contributed by atoms with van der Waals surface area (Å²) in [6.07, 6.45) is 2.16. The van der Waals surface area contributed by atoms with Crippen molar-refractivity contribution in [1.82, 2.24) is 0 Å². The van der Waals surface area contributed by atoms with Gasteiger partial charge in [-0.3, -0.25) is 4.79 Å². The smallest absolute Gasteiger partial charge is 0.350 e. The van der Waals surface area contributed by atoms with Crippen molar-refractivity contribution in [3.8, 4) is 11.1 Å². The van der Waals surface area contributed by atoms with Crippen molar-refractivity contribution < 1.29 is 19.1 Å². The normalized spacial score (nSPS) is 22.9. The van der Waals surface area contributed by atoms with Crippen LogP contribution in [0.25, 0.3) is 11.1 Å². The third kappa shape index (κ3) is 5.53. The highest BCUT2D eigenvalue weighted by molar-refractivity contribution is 6.30. The van der Waals surface area contributed by atoms with Crippen LogP contribution in [-0.2, 0) is 25.5 Å². The molecule has 2 aromatic rings. The van der Waals surface area contributed by atoms with E-state index in [-0.39, 0.29) is 19.0 Å². The zero-order valence-electron chi connectivity index (χ0n) is 19.7. The highest BCUT2D eigenvalue weighted by atomic mass is 35.5. The van der Waals surface area contributed by atoms with Gasteiger partial charge in [0.15, 0.2) is 0 Å². The third-order valence-corrected chi connectivity index (χ3v) is 6.54. The van der Waals surface area contributed by atoms with Crippen LogP contribution in [-0.4, -0.2) is 24.1 Å². The Balaban J connectivity index is 1.81. The number of esters is 2. The standard InChI is InChI=1S/C27H33ClO4/c1-6-31-26(30)27(15-17(2)11-18(3)16-27)32-25(29)14-22-12-20(5)24(13-19(22)4)21-7-9-23(28)10-8-21/h7-10,12-13,17-18H,6,11,14-16H2,1-5H3. The molecule has 0 saturated heterocycles. The molecule has 4 nitrogen and oxygen atoms in total. The first-order valence-corrected chi connectivity index (χ1v) is 11.8. The molecule has 3 rings (SSSR count). The summed E-state index contributed by atoms with van der Waals surface area (Å²) >= 11 is 6.02. The fourth-order valence-electron chi connectivity index (χ4n) is 5.03. The molecule has 1 aliphatic rings.